The third-order valence-corrected chi connectivity index (χ3v) is 12.0. The van der Waals surface area contributed by atoms with E-state index >= 15 is 0 Å². The number of nitrogens with zero attached hydrogens (tertiary/aromatic N) is 3. The molecule has 0 spiro atoms. The quantitative estimate of drug-likeness (QED) is 0.159. The van der Waals surface area contributed by atoms with E-state index in [4.69, 9.17) is 4.42 Å². The zero-order valence-electron chi connectivity index (χ0n) is 31.4. The third-order valence-electron chi connectivity index (χ3n) is 10.8. The predicted octanol–water partition coefficient (Wildman–Crippen LogP) is 13.5. The van der Waals surface area contributed by atoms with E-state index < -0.39 is 11.2 Å². The molecular formula is C47H39F3N3OS+. The fourth-order valence-electron chi connectivity index (χ4n) is 8.17. The van der Waals surface area contributed by atoms with Crippen molar-refractivity contribution in [1.82, 2.24) is 9.55 Å². The minimum Gasteiger partial charge on any atom is -0.455 e. The van der Waals surface area contributed by atoms with Gasteiger partial charge in [-0.15, -0.1) is 11.3 Å². The Morgan fingerprint density at radius 3 is 1.95 bits per heavy atom. The number of halogens is 3. The average Bonchev–Trinajstić information content (AvgIpc) is 3.88. The summed E-state index contributed by atoms with van der Waals surface area (Å²) < 4.78 is 55.3. The lowest BCUT2D eigenvalue weighted by Crippen LogP contribution is -2.30. The van der Waals surface area contributed by atoms with Crippen LogP contribution in [0.3, 0.4) is 0 Å². The Hall–Kier alpha value is -5.73. The van der Waals surface area contributed by atoms with Crippen molar-refractivity contribution in [3.63, 3.8) is 0 Å². The van der Waals surface area contributed by atoms with Gasteiger partial charge in [-0.3, -0.25) is 0 Å². The van der Waals surface area contributed by atoms with Crippen molar-refractivity contribution in [3.05, 3.63) is 137 Å². The van der Waals surface area contributed by atoms with E-state index in [0.717, 1.165) is 55.7 Å². The van der Waals surface area contributed by atoms with Crippen LogP contribution in [0.1, 0.15) is 61.2 Å². The van der Waals surface area contributed by atoms with Gasteiger partial charge in [-0.25, -0.2) is 9.55 Å². The van der Waals surface area contributed by atoms with Crippen molar-refractivity contribution in [2.24, 2.45) is 7.05 Å². The van der Waals surface area contributed by atoms with E-state index in [1.54, 1.807) is 0 Å². The molecule has 0 amide bonds. The highest BCUT2D eigenvalue weighted by Gasteiger charge is 2.39. The molecule has 274 valence electrons. The van der Waals surface area contributed by atoms with Crippen LogP contribution in [0.5, 0.6) is 0 Å². The molecule has 0 saturated carbocycles. The first-order valence-electron chi connectivity index (χ1n) is 18.6. The first kappa shape index (κ1) is 35.0. The summed E-state index contributed by atoms with van der Waals surface area (Å²) in [5.74, 6) is 1.13. The highest BCUT2D eigenvalue weighted by Crippen LogP contribution is 2.49. The number of thiazole rings is 1. The molecule has 0 aliphatic carbocycles. The van der Waals surface area contributed by atoms with Gasteiger partial charge < -0.3 is 4.42 Å². The number of aromatic nitrogens is 3. The molecule has 8 heteroatoms. The number of imidazole rings is 1. The lowest BCUT2D eigenvalue weighted by molar-refractivity contribution is -0.633. The first-order valence-corrected chi connectivity index (χ1v) is 19.4. The van der Waals surface area contributed by atoms with E-state index in [1.807, 2.05) is 80.7 Å². The minimum atomic E-state index is -4.60. The van der Waals surface area contributed by atoms with Crippen LogP contribution in [-0.2, 0) is 13.2 Å². The number of hydrogen-bond acceptors (Lipinski definition) is 3. The maximum atomic E-state index is 14.5. The zero-order chi connectivity index (χ0) is 38.3. The first-order chi connectivity index (χ1) is 26.4. The van der Waals surface area contributed by atoms with Crippen LogP contribution in [0, 0.1) is 6.92 Å². The largest absolute Gasteiger partial charge is 0.455 e. The topological polar surface area (TPSA) is 34.8 Å². The molecule has 0 fully saturated rings. The summed E-state index contributed by atoms with van der Waals surface area (Å²) in [7, 11) is 2.04. The summed E-state index contributed by atoms with van der Waals surface area (Å²) >= 11 is 0.700. The van der Waals surface area contributed by atoms with Crippen LogP contribution in [0.25, 0.3) is 82.5 Å². The molecule has 3 aromatic heterocycles. The highest BCUT2D eigenvalue weighted by molar-refractivity contribution is 7.19. The number of hydrogen-bond donors (Lipinski definition) is 0. The monoisotopic (exact) mass is 750 g/mol. The molecule has 3 heterocycles. The maximum Gasteiger partial charge on any atom is 0.443 e. The van der Waals surface area contributed by atoms with Crippen LogP contribution in [0.4, 0.5) is 13.2 Å². The van der Waals surface area contributed by atoms with Gasteiger partial charge in [-0.1, -0.05) is 107 Å². The number of fused-ring (bicyclic) bond motifs is 6. The standard InChI is InChI=1S/C47H39F3N3OS/c1-26(2)34-23-32(30-17-11-8-12-18-30)24-35(27(3)4)42(34)53-37-20-14-13-19-36(37)52(6)45(53)39-28(5)44-41(51-46(55-44)47(48,49)50)40-33-22-21-31(25-38(33)54-43(39)40)29-15-9-7-10-16-29/h7-27H,1-6H3/q+1. The highest BCUT2D eigenvalue weighted by atomic mass is 32.1. The van der Waals surface area contributed by atoms with E-state index in [1.165, 1.54) is 11.1 Å². The molecule has 0 bridgehead atoms. The molecule has 9 aromatic rings. The number of benzene rings is 6. The second-order valence-electron chi connectivity index (χ2n) is 15.0. The molecular weight excluding hydrogens is 712 g/mol. The van der Waals surface area contributed by atoms with Gasteiger partial charge in [0.15, 0.2) is 21.6 Å². The van der Waals surface area contributed by atoms with Crippen LogP contribution < -0.4 is 4.57 Å². The molecule has 0 aliphatic rings. The third kappa shape index (κ3) is 5.57. The summed E-state index contributed by atoms with van der Waals surface area (Å²) in [6.07, 6.45) is -4.60. The fraction of sp³-hybridized carbons (Fsp3) is 0.191. The van der Waals surface area contributed by atoms with Crippen LogP contribution in [0.15, 0.2) is 120 Å². The number of furan rings is 1. The Balaban J connectivity index is 1.45. The van der Waals surface area contributed by atoms with E-state index in [2.05, 4.69) is 90.3 Å². The molecule has 6 aromatic carbocycles. The normalized spacial score (nSPS) is 12.4. The van der Waals surface area contributed by atoms with Crippen molar-refractivity contribution >= 4 is 54.5 Å². The lowest BCUT2D eigenvalue weighted by atomic mass is 9.88. The van der Waals surface area contributed by atoms with Crippen molar-refractivity contribution in [2.75, 3.05) is 0 Å². The molecule has 0 radical (unpaired) electrons. The molecule has 0 aliphatic heterocycles. The smallest absolute Gasteiger partial charge is 0.443 e. The van der Waals surface area contributed by atoms with Gasteiger partial charge in [0.05, 0.1) is 22.7 Å². The van der Waals surface area contributed by atoms with E-state index in [9.17, 15) is 13.2 Å². The summed E-state index contributed by atoms with van der Waals surface area (Å²) in [5.41, 5.74) is 12.5. The van der Waals surface area contributed by atoms with Gasteiger partial charge in [-0.2, -0.15) is 17.7 Å². The molecule has 0 atom stereocenters. The molecule has 0 unspecified atom stereocenters. The van der Waals surface area contributed by atoms with Gasteiger partial charge in [0, 0.05) is 16.5 Å². The fourth-order valence-corrected chi connectivity index (χ4v) is 9.12. The van der Waals surface area contributed by atoms with Crippen LogP contribution in [0.2, 0.25) is 0 Å². The summed E-state index contributed by atoms with van der Waals surface area (Å²) in [6.45, 7) is 10.8. The minimum absolute atomic E-state index is 0.150. The van der Waals surface area contributed by atoms with Crippen LogP contribution >= 0.6 is 11.3 Å². The van der Waals surface area contributed by atoms with Gasteiger partial charge in [0.1, 0.15) is 16.8 Å². The van der Waals surface area contributed by atoms with E-state index in [-0.39, 0.29) is 11.8 Å². The Morgan fingerprint density at radius 1 is 0.727 bits per heavy atom. The number of rotatable bonds is 6. The molecule has 9 rings (SSSR count). The maximum absolute atomic E-state index is 14.5. The van der Waals surface area contributed by atoms with Gasteiger partial charge in [0.25, 0.3) is 5.82 Å². The number of alkyl halides is 3. The number of aryl methyl sites for hydroxylation is 2. The van der Waals surface area contributed by atoms with Gasteiger partial charge >= 0.3 is 6.18 Å². The Bertz CT molecular complexity index is 2910. The average molecular weight is 751 g/mol. The predicted molar refractivity (Wildman–Crippen MR) is 219 cm³/mol. The zero-order valence-corrected chi connectivity index (χ0v) is 32.2. The second kappa shape index (κ2) is 12.9. The summed E-state index contributed by atoms with van der Waals surface area (Å²) in [4.78, 5) is 4.29. The van der Waals surface area contributed by atoms with Gasteiger partial charge in [-0.05, 0) is 83.0 Å². The van der Waals surface area contributed by atoms with E-state index in [0.29, 0.717) is 43.7 Å². The summed E-state index contributed by atoms with van der Waals surface area (Å²) in [6, 6.07) is 39.3. The Morgan fingerprint density at radius 2 is 1.33 bits per heavy atom. The van der Waals surface area contributed by atoms with Crippen molar-refractivity contribution < 1.29 is 22.2 Å². The van der Waals surface area contributed by atoms with Crippen LogP contribution in [-0.4, -0.2) is 9.55 Å². The Labute approximate surface area is 321 Å². The summed E-state index contributed by atoms with van der Waals surface area (Å²) in [5, 5.41) is 0.439. The molecule has 4 nitrogen and oxygen atoms in total. The number of para-hydroxylation sites is 2. The molecule has 0 N–H and O–H groups in total. The molecule has 0 saturated heterocycles. The SMILES string of the molecule is Cc1c(-c2n(-c3c(C(C)C)cc(-c4ccccc4)cc3C(C)C)c3ccccc3[n+]2C)c2oc3cc(-c4ccccc4)ccc3c2c2nc(C(F)(F)F)sc12. The van der Waals surface area contributed by atoms with Crippen molar-refractivity contribution in [2.45, 2.75) is 52.6 Å². The van der Waals surface area contributed by atoms with Crippen molar-refractivity contribution in [3.8, 4) is 39.3 Å². The lowest BCUT2D eigenvalue weighted by Gasteiger charge is -2.21. The second-order valence-corrected chi connectivity index (χ2v) is 16.0. The molecule has 55 heavy (non-hydrogen) atoms. The van der Waals surface area contributed by atoms with Gasteiger partial charge in [0.2, 0.25) is 0 Å². The Kier molecular flexibility index (Phi) is 8.24. The van der Waals surface area contributed by atoms with Crippen molar-refractivity contribution in [1.29, 1.82) is 0 Å².